The number of benzene rings is 4. The summed E-state index contributed by atoms with van der Waals surface area (Å²) in [5.41, 5.74) is 4.77. The van der Waals surface area contributed by atoms with Gasteiger partial charge >= 0.3 is 5.97 Å². The third-order valence-corrected chi connectivity index (χ3v) is 7.46. The molecule has 0 saturated heterocycles. The summed E-state index contributed by atoms with van der Waals surface area (Å²) in [5, 5.41) is 13.8. The van der Waals surface area contributed by atoms with Gasteiger partial charge in [0.05, 0.1) is 28.9 Å². The molecular formula is C34H29F2N5O3. The number of nitrogens with zero attached hydrogens (tertiary/aromatic N) is 4. The lowest BCUT2D eigenvalue weighted by Crippen LogP contribution is -2.19. The normalized spacial score (nSPS) is 11.4. The molecule has 44 heavy (non-hydrogen) atoms. The minimum absolute atomic E-state index is 0.0700. The first-order chi connectivity index (χ1) is 21.2. The van der Waals surface area contributed by atoms with Gasteiger partial charge in [0.15, 0.2) is 5.82 Å². The largest absolute Gasteiger partial charge is 0.478 e. The van der Waals surface area contributed by atoms with Crippen LogP contribution in [0.15, 0.2) is 85.1 Å². The molecule has 0 bridgehead atoms. The van der Waals surface area contributed by atoms with Gasteiger partial charge in [-0.1, -0.05) is 54.6 Å². The van der Waals surface area contributed by atoms with E-state index in [4.69, 9.17) is 4.74 Å². The Hall–Kier alpha value is -5.35. The second-order valence-corrected chi connectivity index (χ2v) is 10.8. The van der Waals surface area contributed by atoms with E-state index in [1.807, 2.05) is 61.2 Å². The molecule has 0 amide bonds. The van der Waals surface area contributed by atoms with Gasteiger partial charge in [-0.3, -0.25) is 4.68 Å². The number of nitrogens with one attached hydrogen (secondary N) is 1. The average molecular weight is 594 g/mol. The van der Waals surface area contributed by atoms with Crippen LogP contribution in [0.3, 0.4) is 0 Å². The van der Waals surface area contributed by atoms with Gasteiger partial charge in [-0.2, -0.15) is 10.1 Å². The molecule has 6 rings (SSSR count). The fourth-order valence-electron chi connectivity index (χ4n) is 5.09. The van der Waals surface area contributed by atoms with Crippen molar-refractivity contribution in [1.82, 2.24) is 24.6 Å². The van der Waals surface area contributed by atoms with E-state index in [0.29, 0.717) is 11.1 Å². The minimum Gasteiger partial charge on any atom is -0.478 e. The number of hydrogen-bond donors (Lipinski definition) is 2. The lowest BCUT2D eigenvalue weighted by molar-refractivity contribution is 0.0695. The Morgan fingerprint density at radius 1 is 0.932 bits per heavy atom. The van der Waals surface area contributed by atoms with Gasteiger partial charge in [-0.25, -0.2) is 13.6 Å². The molecule has 2 aromatic heterocycles. The van der Waals surface area contributed by atoms with Crippen molar-refractivity contribution in [2.24, 2.45) is 0 Å². The molecule has 0 aliphatic heterocycles. The summed E-state index contributed by atoms with van der Waals surface area (Å²) in [4.78, 5) is 20.5. The van der Waals surface area contributed by atoms with E-state index in [1.54, 1.807) is 37.4 Å². The number of aromatic nitrogens is 4. The summed E-state index contributed by atoms with van der Waals surface area (Å²) in [6.45, 7) is 3.33. The van der Waals surface area contributed by atoms with Gasteiger partial charge in [-0.15, -0.1) is 0 Å². The van der Waals surface area contributed by atoms with Crippen molar-refractivity contribution in [2.45, 2.75) is 13.5 Å². The summed E-state index contributed by atoms with van der Waals surface area (Å²) >= 11 is 0. The average Bonchev–Trinajstić information content (AvgIpc) is 3.64. The second-order valence-electron chi connectivity index (χ2n) is 10.8. The number of rotatable bonds is 9. The predicted molar refractivity (Wildman–Crippen MR) is 165 cm³/mol. The van der Waals surface area contributed by atoms with Crippen molar-refractivity contribution in [3.8, 4) is 45.3 Å². The minimum atomic E-state index is -1.10. The van der Waals surface area contributed by atoms with Crippen molar-refractivity contribution in [1.29, 1.82) is 0 Å². The van der Waals surface area contributed by atoms with Crippen LogP contribution >= 0.6 is 0 Å². The quantitative estimate of drug-likeness (QED) is 0.181. The summed E-state index contributed by atoms with van der Waals surface area (Å²) in [6.07, 6.45) is 1.80. The number of aromatic carboxylic acids is 1. The van der Waals surface area contributed by atoms with Crippen molar-refractivity contribution in [2.75, 3.05) is 20.6 Å². The maximum absolute atomic E-state index is 15.7. The van der Waals surface area contributed by atoms with E-state index < -0.39 is 17.6 Å². The van der Waals surface area contributed by atoms with Crippen LogP contribution in [0.2, 0.25) is 0 Å². The van der Waals surface area contributed by atoms with E-state index in [9.17, 15) is 9.90 Å². The number of fused-ring (bicyclic) bond motifs is 1. The molecule has 0 aliphatic rings. The summed E-state index contributed by atoms with van der Waals surface area (Å²) < 4.78 is 38.5. The zero-order chi connectivity index (χ0) is 31.0. The lowest BCUT2D eigenvalue weighted by atomic mass is 9.98. The van der Waals surface area contributed by atoms with E-state index in [2.05, 4.69) is 20.0 Å². The number of ether oxygens (including phenoxy) is 1. The van der Waals surface area contributed by atoms with Crippen LogP contribution in [0.4, 0.5) is 8.78 Å². The van der Waals surface area contributed by atoms with Crippen LogP contribution in [0, 0.1) is 18.6 Å². The topological polar surface area (TPSA) is 96.3 Å². The Morgan fingerprint density at radius 3 is 2.25 bits per heavy atom. The highest BCUT2D eigenvalue weighted by Gasteiger charge is 2.20. The highest BCUT2D eigenvalue weighted by Crippen LogP contribution is 2.34. The Bertz CT molecular complexity index is 1980. The Balaban J connectivity index is 1.24. The molecule has 8 nitrogen and oxygen atoms in total. The third kappa shape index (κ3) is 5.67. The zero-order valence-electron chi connectivity index (χ0n) is 24.3. The number of H-pyrrole nitrogens is 1. The van der Waals surface area contributed by atoms with Gasteiger partial charge in [-0.05, 0) is 67.0 Å². The Morgan fingerprint density at radius 2 is 1.59 bits per heavy atom. The van der Waals surface area contributed by atoms with Crippen molar-refractivity contribution >= 4 is 17.0 Å². The summed E-state index contributed by atoms with van der Waals surface area (Å²) in [5.74, 6) is -2.48. The molecule has 0 radical (unpaired) electrons. The molecular weight excluding hydrogens is 564 g/mol. The predicted octanol–water partition coefficient (Wildman–Crippen LogP) is 7.40. The molecule has 2 N–H and O–H groups in total. The first-order valence-electron chi connectivity index (χ1n) is 13.9. The molecule has 0 fully saturated rings. The van der Waals surface area contributed by atoms with Crippen LogP contribution in [0.5, 0.6) is 11.8 Å². The van der Waals surface area contributed by atoms with Gasteiger partial charge in [0.25, 0.3) is 6.01 Å². The highest BCUT2D eigenvalue weighted by atomic mass is 19.1. The fraction of sp³-hybridized carbons (Fsp3) is 0.147. The van der Waals surface area contributed by atoms with Crippen molar-refractivity contribution in [3.05, 3.63) is 108 Å². The Labute approximate surface area is 252 Å². The molecule has 10 heteroatoms. The number of imidazole rings is 1. The summed E-state index contributed by atoms with van der Waals surface area (Å²) in [7, 11) is 4.06. The number of carboxylic acid groups (broad SMARTS) is 1. The van der Waals surface area contributed by atoms with Crippen LogP contribution in [0.1, 0.15) is 15.9 Å². The van der Waals surface area contributed by atoms with Gasteiger partial charge in [0.1, 0.15) is 17.1 Å². The molecule has 0 aliphatic carbocycles. The molecule has 6 aromatic rings. The van der Waals surface area contributed by atoms with Gasteiger partial charge in [0, 0.05) is 18.8 Å². The van der Waals surface area contributed by atoms with Gasteiger partial charge in [0.2, 0.25) is 0 Å². The number of carbonyl (C=O) groups is 1. The molecule has 0 spiro atoms. The molecule has 2 heterocycles. The van der Waals surface area contributed by atoms with E-state index in [1.165, 1.54) is 12.1 Å². The standard InChI is InChI=1S/C34H29F2N5O3/c1-20-4-13-25(18-26(20)33(42)43)44-34-38-28-19-27(35)30(31(36)32(28)39-34)24-11-7-22(8-12-24)21-5-9-23(10-6-21)29-14-15-37-41(29)17-16-40(2)3/h4-15,18-19H,16-17H2,1-3H3,(H,38,39)(H,42,43). The van der Waals surface area contributed by atoms with E-state index >= 15 is 8.78 Å². The number of carboxylic acids is 1. The molecule has 222 valence electrons. The smallest absolute Gasteiger partial charge is 0.336 e. The van der Waals surface area contributed by atoms with Crippen LogP contribution in [-0.2, 0) is 6.54 Å². The van der Waals surface area contributed by atoms with E-state index in [-0.39, 0.29) is 33.9 Å². The first-order valence-corrected chi connectivity index (χ1v) is 13.9. The van der Waals surface area contributed by atoms with Crippen LogP contribution < -0.4 is 4.74 Å². The zero-order valence-corrected chi connectivity index (χ0v) is 24.3. The molecule has 0 saturated carbocycles. The number of aromatic amines is 1. The maximum atomic E-state index is 15.7. The third-order valence-electron chi connectivity index (χ3n) is 7.46. The van der Waals surface area contributed by atoms with Crippen molar-refractivity contribution in [3.63, 3.8) is 0 Å². The molecule has 4 aromatic carbocycles. The fourth-order valence-corrected chi connectivity index (χ4v) is 5.09. The number of hydrogen-bond acceptors (Lipinski definition) is 5. The Kier molecular flexibility index (Phi) is 7.67. The van der Waals surface area contributed by atoms with Crippen LogP contribution in [0.25, 0.3) is 44.5 Å². The first kappa shape index (κ1) is 28.8. The maximum Gasteiger partial charge on any atom is 0.336 e. The highest BCUT2D eigenvalue weighted by molar-refractivity contribution is 5.90. The van der Waals surface area contributed by atoms with Crippen LogP contribution in [-0.4, -0.2) is 56.4 Å². The SMILES string of the molecule is Cc1ccc(Oc2nc3c(F)c(-c4ccc(-c5ccc(-c6ccnn6CCN(C)C)cc5)cc4)c(F)cc3[nH]2)cc1C(=O)O. The lowest BCUT2D eigenvalue weighted by Gasteiger charge is -2.12. The van der Waals surface area contributed by atoms with E-state index in [0.717, 1.165) is 35.5 Å². The van der Waals surface area contributed by atoms with Crippen molar-refractivity contribution < 1.29 is 23.4 Å². The number of halogens is 2. The summed E-state index contributed by atoms with van der Waals surface area (Å²) in [6, 6.07) is 22.7. The number of aryl methyl sites for hydroxylation is 1. The molecule has 0 unspecified atom stereocenters. The second kappa shape index (κ2) is 11.7. The number of likely N-dealkylation sites (N-methyl/N-ethyl adjacent to an activating group) is 1. The molecule has 0 atom stereocenters. The monoisotopic (exact) mass is 593 g/mol. The van der Waals surface area contributed by atoms with Gasteiger partial charge < -0.3 is 19.7 Å².